The van der Waals surface area contributed by atoms with E-state index in [0.29, 0.717) is 5.75 Å². The third kappa shape index (κ3) is 8.70. The van der Waals surface area contributed by atoms with Gasteiger partial charge in [-0.1, -0.05) is 82.2 Å². The number of ether oxygens (including phenoxy) is 1. The van der Waals surface area contributed by atoms with Crippen molar-refractivity contribution in [2.45, 2.75) is 71.3 Å². The van der Waals surface area contributed by atoms with Crippen LogP contribution in [0.5, 0.6) is 5.75 Å². The molecule has 0 saturated heterocycles. The smallest absolute Gasteiger partial charge is 0.378 e. The average molecular weight is 440 g/mol. The second kappa shape index (κ2) is 13.8. The number of carbonyl (C=O) groups is 1. The fraction of sp³-hybridized carbons (Fsp3) is 0.407. The molecule has 0 fully saturated rings. The first-order valence-electron chi connectivity index (χ1n) is 11.4. The lowest BCUT2D eigenvalue weighted by molar-refractivity contribution is -0.684. The van der Waals surface area contributed by atoms with Crippen LogP contribution in [0.15, 0.2) is 67.0 Å². The van der Waals surface area contributed by atoms with E-state index in [4.69, 9.17) is 4.74 Å². The summed E-state index contributed by atoms with van der Waals surface area (Å²) in [5.41, 5.74) is 1.31. The molecule has 0 spiro atoms. The topological polar surface area (TPSA) is 30.2 Å². The zero-order chi connectivity index (χ0) is 21.0. The lowest BCUT2D eigenvalue weighted by Gasteiger charge is -2.05. The number of carbonyl (C=O) groups excluding carboxylic acids is 1. The Balaban J connectivity index is 0.00000341. The second-order valence-electron chi connectivity index (χ2n) is 8.09. The summed E-state index contributed by atoms with van der Waals surface area (Å²) in [6, 6.07) is 18.1. The highest BCUT2D eigenvalue weighted by Gasteiger charge is 2.12. The van der Waals surface area contributed by atoms with E-state index in [0.717, 1.165) is 17.2 Å². The van der Waals surface area contributed by atoms with Gasteiger partial charge < -0.3 is 17.1 Å². The molecule has 31 heavy (non-hydrogen) atoms. The molecule has 0 bridgehead atoms. The number of benzene rings is 2. The molecule has 0 unspecified atom stereocenters. The first-order chi connectivity index (χ1) is 14.7. The van der Waals surface area contributed by atoms with Crippen LogP contribution in [-0.4, -0.2) is 5.97 Å². The lowest BCUT2D eigenvalue weighted by Crippen LogP contribution is -3.00. The molecule has 0 radical (unpaired) electrons. The van der Waals surface area contributed by atoms with Gasteiger partial charge in [0.05, 0.1) is 0 Å². The first kappa shape index (κ1) is 24.9. The highest BCUT2D eigenvalue weighted by molar-refractivity contribution is 5.80. The van der Waals surface area contributed by atoms with Gasteiger partial charge in [0.15, 0.2) is 12.4 Å². The third-order valence-corrected chi connectivity index (χ3v) is 5.53. The van der Waals surface area contributed by atoms with Gasteiger partial charge in [0.2, 0.25) is 6.54 Å². The van der Waals surface area contributed by atoms with Gasteiger partial charge in [-0.05, 0) is 42.0 Å². The van der Waals surface area contributed by atoms with Gasteiger partial charge in [0.1, 0.15) is 5.75 Å². The summed E-state index contributed by atoms with van der Waals surface area (Å²) in [5, 5.41) is 2.27. The summed E-state index contributed by atoms with van der Waals surface area (Å²) in [6.45, 7) is 2.46. The molecule has 0 saturated carbocycles. The van der Waals surface area contributed by atoms with E-state index in [1.165, 1.54) is 56.9 Å². The lowest BCUT2D eigenvalue weighted by atomic mass is 10.0. The van der Waals surface area contributed by atoms with Crippen molar-refractivity contribution in [1.29, 1.82) is 0 Å². The van der Waals surface area contributed by atoms with Gasteiger partial charge in [-0.2, -0.15) is 4.57 Å². The molecule has 4 heteroatoms. The largest absolute Gasteiger partial charge is 1.00 e. The molecule has 3 nitrogen and oxygen atoms in total. The van der Waals surface area contributed by atoms with Crippen molar-refractivity contribution in [2.75, 3.05) is 0 Å². The number of unbranched alkanes of at least 4 members (excludes halogenated alkanes) is 7. The van der Waals surface area contributed by atoms with E-state index in [1.54, 1.807) is 0 Å². The number of aromatic nitrogens is 1. The molecular formula is C27H34ClNO2. The molecule has 1 heterocycles. The van der Waals surface area contributed by atoms with Crippen LogP contribution in [-0.2, 0) is 17.8 Å². The molecular weight excluding hydrogens is 406 g/mol. The maximum absolute atomic E-state index is 12.3. The number of hydrogen-bond donors (Lipinski definition) is 0. The monoisotopic (exact) mass is 439 g/mol. The zero-order valence-corrected chi connectivity index (χ0v) is 19.3. The maximum atomic E-state index is 12.3. The Morgan fingerprint density at radius 3 is 2.16 bits per heavy atom. The Morgan fingerprint density at radius 1 is 0.806 bits per heavy atom. The van der Waals surface area contributed by atoms with Crippen LogP contribution in [0, 0.1) is 0 Å². The quantitative estimate of drug-likeness (QED) is 0.187. The highest BCUT2D eigenvalue weighted by Crippen LogP contribution is 2.16. The van der Waals surface area contributed by atoms with E-state index in [2.05, 4.69) is 25.1 Å². The van der Waals surface area contributed by atoms with Gasteiger partial charge in [0, 0.05) is 11.5 Å². The van der Waals surface area contributed by atoms with Crippen molar-refractivity contribution in [2.24, 2.45) is 0 Å². The Hall–Kier alpha value is -2.39. The summed E-state index contributed by atoms with van der Waals surface area (Å²) >= 11 is 0. The van der Waals surface area contributed by atoms with Crippen molar-refractivity contribution in [3.05, 3.63) is 72.6 Å². The molecule has 0 N–H and O–H groups in total. The summed E-state index contributed by atoms with van der Waals surface area (Å²) in [7, 11) is 0. The van der Waals surface area contributed by atoms with Crippen LogP contribution in [0.25, 0.3) is 10.8 Å². The summed E-state index contributed by atoms with van der Waals surface area (Å²) in [5.74, 6) is 0.354. The summed E-state index contributed by atoms with van der Waals surface area (Å²) < 4.78 is 7.38. The van der Waals surface area contributed by atoms with Crippen LogP contribution in [0.1, 0.15) is 63.9 Å². The molecule has 1 aromatic heterocycles. The molecule has 2 aromatic carbocycles. The predicted molar refractivity (Wildman–Crippen MR) is 123 cm³/mol. The third-order valence-electron chi connectivity index (χ3n) is 5.53. The highest BCUT2D eigenvalue weighted by atomic mass is 35.5. The number of esters is 1. The molecule has 3 rings (SSSR count). The Morgan fingerprint density at radius 2 is 1.45 bits per heavy atom. The Kier molecular flexibility index (Phi) is 11.1. The van der Waals surface area contributed by atoms with Crippen LogP contribution >= 0.6 is 0 Å². The Labute approximate surface area is 192 Å². The number of aryl methyl sites for hydroxylation is 1. The molecule has 166 valence electrons. The van der Waals surface area contributed by atoms with Crippen LogP contribution in [0.4, 0.5) is 0 Å². The molecule has 3 aromatic rings. The SMILES string of the molecule is CCCCCCCCCCc1ccc(OC(=O)C[n+]2ccc3ccccc3c2)cc1.[Cl-]. The van der Waals surface area contributed by atoms with Crippen molar-refractivity contribution in [3.63, 3.8) is 0 Å². The number of rotatable bonds is 12. The fourth-order valence-electron chi connectivity index (χ4n) is 3.78. The molecule has 0 amide bonds. The molecule has 0 aliphatic heterocycles. The maximum Gasteiger partial charge on any atom is 0.378 e. The number of fused-ring (bicyclic) bond motifs is 1. The van der Waals surface area contributed by atoms with E-state index in [9.17, 15) is 4.79 Å². The number of pyridine rings is 1. The van der Waals surface area contributed by atoms with E-state index in [-0.39, 0.29) is 24.9 Å². The van der Waals surface area contributed by atoms with Gasteiger partial charge in [-0.25, -0.2) is 4.79 Å². The normalized spacial score (nSPS) is 10.6. The fourth-order valence-corrected chi connectivity index (χ4v) is 3.78. The van der Waals surface area contributed by atoms with Gasteiger partial charge in [0.25, 0.3) is 0 Å². The first-order valence-corrected chi connectivity index (χ1v) is 11.4. The standard InChI is InChI=1S/C27H34NO2.ClH/c1-2-3-4-5-6-7-8-9-12-23-15-17-26(18-16-23)30-27(29)22-28-20-19-24-13-10-11-14-25(24)21-28;/h10-11,13-21H,2-9,12,22H2,1H3;1H/q+1;/p-1. The van der Waals surface area contributed by atoms with Gasteiger partial charge in [-0.15, -0.1) is 0 Å². The Bertz CT molecular complexity index is 924. The van der Waals surface area contributed by atoms with E-state index < -0.39 is 0 Å². The van der Waals surface area contributed by atoms with Crippen LogP contribution in [0.2, 0.25) is 0 Å². The number of halogens is 1. The molecule has 0 atom stereocenters. The van der Waals surface area contributed by atoms with Crippen molar-refractivity contribution in [1.82, 2.24) is 0 Å². The van der Waals surface area contributed by atoms with Crippen molar-refractivity contribution in [3.8, 4) is 5.75 Å². The second-order valence-corrected chi connectivity index (χ2v) is 8.09. The number of nitrogens with zero attached hydrogens (tertiary/aromatic N) is 1. The zero-order valence-electron chi connectivity index (χ0n) is 18.6. The van der Waals surface area contributed by atoms with Gasteiger partial charge in [-0.3, -0.25) is 0 Å². The summed E-state index contributed by atoms with van der Waals surface area (Å²) in [4.78, 5) is 12.3. The van der Waals surface area contributed by atoms with Crippen molar-refractivity contribution >= 4 is 16.7 Å². The minimum Gasteiger partial charge on any atom is -1.00 e. The minimum atomic E-state index is -0.258. The average Bonchev–Trinajstić information content (AvgIpc) is 2.76. The van der Waals surface area contributed by atoms with E-state index in [1.807, 2.05) is 53.4 Å². The molecule has 0 aliphatic rings. The predicted octanol–water partition coefficient (Wildman–Crippen LogP) is 3.42. The minimum absolute atomic E-state index is 0. The van der Waals surface area contributed by atoms with E-state index >= 15 is 0 Å². The molecule has 0 aliphatic carbocycles. The van der Waals surface area contributed by atoms with Gasteiger partial charge >= 0.3 is 5.97 Å². The van der Waals surface area contributed by atoms with Crippen LogP contribution < -0.4 is 21.7 Å². The number of hydrogen-bond acceptors (Lipinski definition) is 2. The van der Waals surface area contributed by atoms with Crippen LogP contribution in [0.3, 0.4) is 0 Å². The van der Waals surface area contributed by atoms with Crippen molar-refractivity contribution < 1.29 is 26.5 Å². The summed E-state index contributed by atoms with van der Waals surface area (Å²) in [6.07, 6.45) is 15.7.